The summed E-state index contributed by atoms with van der Waals surface area (Å²) >= 11 is 0. The van der Waals surface area contributed by atoms with Crippen molar-refractivity contribution in [3.63, 3.8) is 0 Å². The molecule has 1 nitrogen and oxygen atoms in total. The van der Waals surface area contributed by atoms with E-state index in [2.05, 4.69) is 13.0 Å². The smallest absolute Gasteiger partial charge is 0.189 e. The molecule has 1 aliphatic carbocycles. The second-order valence-corrected chi connectivity index (χ2v) is 3.55. The second kappa shape index (κ2) is 2.84. The Morgan fingerprint density at radius 2 is 1.85 bits per heavy atom. The van der Waals surface area contributed by atoms with Gasteiger partial charge in [0.2, 0.25) is 0 Å². The first kappa shape index (κ1) is 8.24. The molecule has 1 aliphatic rings. The number of allylic oxidation sites excluding steroid dienone is 2. The van der Waals surface area contributed by atoms with Crippen molar-refractivity contribution in [1.29, 1.82) is 0 Å². The van der Waals surface area contributed by atoms with E-state index in [1.165, 1.54) is 5.57 Å². The van der Waals surface area contributed by atoms with E-state index in [-0.39, 0.29) is 5.43 Å². The van der Waals surface area contributed by atoms with Gasteiger partial charge >= 0.3 is 0 Å². The Labute approximate surface area is 77.7 Å². The molecule has 0 spiro atoms. The molecule has 1 aromatic carbocycles. The summed E-state index contributed by atoms with van der Waals surface area (Å²) in [6.07, 6.45) is 2.12. The molecular weight excluding hydrogens is 160 g/mol. The molecule has 1 heteroatoms. The Morgan fingerprint density at radius 1 is 1.23 bits per heavy atom. The van der Waals surface area contributed by atoms with Crippen molar-refractivity contribution in [2.45, 2.75) is 13.8 Å². The normalized spacial score (nSPS) is 19.5. The van der Waals surface area contributed by atoms with Crippen LogP contribution in [0.15, 0.2) is 35.1 Å². The van der Waals surface area contributed by atoms with Crippen molar-refractivity contribution in [2.75, 3.05) is 0 Å². The fourth-order valence-corrected chi connectivity index (χ4v) is 1.50. The SMILES string of the molecule is Cc1ccccc(C2=C[C@@H]2C)c1=O. The predicted octanol–water partition coefficient (Wildman–Crippen LogP) is 2.39. The first-order chi connectivity index (χ1) is 6.20. The van der Waals surface area contributed by atoms with Gasteiger partial charge < -0.3 is 0 Å². The maximum Gasteiger partial charge on any atom is 0.189 e. The molecule has 0 bridgehead atoms. The van der Waals surface area contributed by atoms with Crippen molar-refractivity contribution >= 4 is 5.57 Å². The Morgan fingerprint density at radius 3 is 2.46 bits per heavy atom. The maximum atomic E-state index is 11.8. The van der Waals surface area contributed by atoms with Crippen LogP contribution < -0.4 is 5.43 Å². The molecule has 1 aromatic rings. The zero-order chi connectivity index (χ0) is 9.42. The zero-order valence-electron chi connectivity index (χ0n) is 7.87. The highest BCUT2D eigenvalue weighted by Gasteiger charge is 2.22. The molecule has 0 radical (unpaired) electrons. The monoisotopic (exact) mass is 172 g/mol. The molecule has 0 heterocycles. The highest BCUT2D eigenvalue weighted by molar-refractivity contribution is 5.79. The molecule has 2 rings (SSSR count). The van der Waals surface area contributed by atoms with Crippen molar-refractivity contribution in [1.82, 2.24) is 0 Å². The van der Waals surface area contributed by atoms with Crippen LogP contribution in [0.4, 0.5) is 0 Å². The average molecular weight is 172 g/mol. The van der Waals surface area contributed by atoms with Crippen LogP contribution in [0.25, 0.3) is 5.57 Å². The van der Waals surface area contributed by atoms with Crippen LogP contribution in [0.2, 0.25) is 0 Å². The first-order valence-corrected chi connectivity index (χ1v) is 4.52. The third-order valence-electron chi connectivity index (χ3n) is 2.45. The molecule has 0 saturated carbocycles. The Kier molecular flexibility index (Phi) is 1.80. The van der Waals surface area contributed by atoms with Crippen LogP contribution in [-0.2, 0) is 0 Å². The molecule has 0 aliphatic heterocycles. The van der Waals surface area contributed by atoms with Gasteiger partial charge in [-0.15, -0.1) is 0 Å². The lowest BCUT2D eigenvalue weighted by Gasteiger charge is -1.90. The van der Waals surface area contributed by atoms with Crippen LogP contribution in [0.3, 0.4) is 0 Å². The van der Waals surface area contributed by atoms with E-state index in [0.717, 1.165) is 11.1 Å². The fraction of sp³-hybridized carbons (Fsp3) is 0.250. The summed E-state index contributed by atoms with van der Waals surface area (Å²) < 4.78 is 0. The van der Waals surface area contributed by atoms with E-state index >= 15 is 0 Å². The van der Waals surface area contributed by atoms with E-state index in [1.807, 2.05) is 31.2 Å². The van der Waals surface area contributed by atoms with Crippen LogP contribution >= 0.6 is 0 Å². The summed E-state index contributed by atoms with van der Waals surface area (Å²) in [5.41, 5.74) is 3.06. The molecule has 0 N–H and O–H groups in total. The summed E-state index contributed by atoms with van der Waals surface area (Å²) in [7, 11) is 0. The van der Waals surface area contributed by atoms with Gasteiger partial charge in [-0.1, -0.05) is 37.3 Å². The molecule has 0 amide bonds. The lowest BCUT2D eigenvalue weighted by Crippen LogP contribution is -2.05. The highest BCUT2D eigenvalue weighted by Crippen LogP contribution is 2.35. The summed E-state index contributed by atoms with van der Waals surface area (Å²) in [6.45, 7) is 3.97. The standard InChI is InChI=1S/C12H12O/c1-8-5-3-4-6-10(12(8)13)11-7-9(11)2/h3-7,9H,1-2H3/t9-/m0/s1. The average Bonchev–Trinajstić information content (AvgIpc) is 2.82. The fourth-order valence-electron chi connectivity index (χ4n) is 1.50. The Balaban J connectivity index is 2.60. The lowest BCUT2D eigenvalue weighted by molar-refractivity contribution is 1.10. The number of hydrogen-bond donors (Lipinski definition) is 0. The van der Waals surface area contributed by atoms with E-state index in [1.54, 1.807) is 0 Å². The van der Waals surface area contributed by atoms with Crippen molar-refractivity contribution in [3.8, 4) is 0 Å². The minimum atomic E-state index is 0.167. The van der Waals surface area contributed by atoms with Gasteiger partial charge in [-0.3, -0.25) is 4.79 Å². The van der Waals surface area contributed by atoms with E-state index < -0.39 is 0 Å². The van der Waals surface area contributed by atoms with E-state index in [4.69, 9.17) is 0 Å². The van der Waals surface area contributed by atoms with Crippen molar-refractivity contribution in [3.05, 3.63) is 51.7 Å². The molecule has 0 fully saturated rings. The first-order valence-electron chi connectivity index (χ1n) is 4.52. The molecule has 1 atom stereocenters. The van der Waals surface area contributed by atoms with Crippen molar-refractivity contribution in [2.24, 2.45) is 5.92 Å². The van der Waals surface area contributed by atoms with Crippen LogP contribution in [-0.4, -0.2) is 0 Å². The highest BCUT2D eigenvalue weighted by atomic mass is 16.1. The maximum absolute atomic E-state index is 11.8. The summed E-state index contributed by atoms with van der Waals surface area (Å²) in [5, 5.41) is 0. The van der Waals surface area contributed by atoms with E-state index in [9.17, 15) is 4.79 Å². The molecule has 0 aromatic heterocycles. The molecule has 0 unspecified atom stereocenters. The largest absolute Gasteiger partial charge is 0.289 e. The molecular formula is C12H12O. The van der Waals surface area contributed by atoms with E-state index in [0.29, 0.717) is 5.92 Å². The predicted molar refractivity (Wildman–Crippen MR) is 54.6 cm³/mol. The Bertz CT molecular complexity index is 429. The van der Waals surface area contributed by atoms with Crippen LogP contribution in [0, 0.1) is 12.8 Å². The minimum Gasteiger partial charge on any atom is -0.289 e. The topological polar surface area (TPSA) is 17.1 Å². The quantitative estimate of drug-likeness (QED) is 0.635. The summed E-state index contributed by atoms with van der Waals surface area (Å²) in [4.78, 5) is 11.8. The molecule has 0 saturated heterocycles. The van der Waals surface area contributed by atoms with Crippen molar-refractivity contribution < 1.29 is 0 Å². The Hall–Kier alpha value is -1.37. The van der Waals surface area contributed by atoms with Gasteiger partial charge in [0.15, 0.2) is 5.43 Å². The number of hydrogen-bond acceptors (Lipinski definition) is 1. The van der Waals surface area contributed by atoms with Crippen LogP contribution in [0.5, 0.6) is 0 Å². The number of rotatable bonds is 1. The second-order valence-electron chi connectivity index (χ2n) is 3.55. The van der Waals surface area contributed by atoms with Gasteiger partial charge in [-0.25, -0.2) is 0 Å². The third kappa shape index (κ3) is 1.42. The lowest BCUT2D eigenvalue weighted by atomic mass is 10.1. The van der Waals surface area contributed by atoms with Gasteiger partial charge in [0.1, 0.15) is 0 Å². The third-order valence-corrected chi connectivity index (χ3v) is 2.45. The van der Waals surface area contributed by atoms with Gasteiger partial charge in [-0.05, 0) is 18.1 Å². The van der Waals surface area contributed by atoms with Gasteiger partial charge in [0.25, 0.3) is 0 Å². The van der Waals surface area contributed by atoms with Gasteiger partial charge in [0, 0.05) is 11.5 Å². The molecule has 66 valence electrons. The zero-order valence-corrected chi connectivity index (χ0v) is 7.87. The van der Waals surface area contributed by atoms with Gasteiger partial charge in [0.05, 0.1) is 0 Å². The minimum absolute atomic E-state index is 0.167. The van der Waals surface area contributed by atoms with Gasteiger partial charge in [-0.2, -0.15) is 0 Å². The summed E-state index contributed by atoms with van der Waals surface area (Å²) in [5.74, 6) is 0.495. The number of aryl methyl sites for hydroxylation is 1. The summed E-state index contributed by atoms with van der Waals surface area (Å²) in [6, 6.07) is 7.60. The van der Waals surface area contributed by atoms with Crippen LogP contribution in [0.1, 0.15) is 18.1 Å². The molecule has 13 heavy (non-hydrogen) atoms.